The molecule has 2 unspecified atom stereocenters. The van der Waals surface area contributed by atoms with Gasteiger partial charge in [0.15, 0.2) is 0 Å². The van der Waals surface area contributed by atoms with Crippen molar-refractivity contribution in [1.82, 2.24) is 0 Å². The molecule has 2 heteroatoms. The molecule has 0 N–H and O–H groups in total. The molecule has 2 atom stereocenters. The van der Waals surface area contributed by atoms with Crippen molar-refractivity contribution >= 4 is 39.6 Å². The Kier molecular flexibility index (Phi) is 6.54. The number of para-hydroxylation sites is 1. The van der Waals surface area contributed by atoms with Crippen molar-refractivity contribution in [1.29, 1.82) is 0 Å². The third-order valence-corrected chi connectivity index (χ3v) is 12.1. The molecule has 0 bridgehead atoms. The van der Waals surface area contributed by atoms with Crippen LogP contribution in [0.5, 0.6) is 0 Å². The maximum absolute atomic E-state index is 2.50. The molecule has 7 aromatic rings. The summed E-state index contributed by atoms with van der Waals surface area (Å²) in [6.45, 7) is 0. The highest BCUT2D eigenvalue weighted by Gasteiger charge is 2.54. The Labute approximate surface area is 291 Å². The Morgan fingerprint density at radius 1 is 0.531 bits per heavy atom. The summed E-state index contributed by atoms with van der Waals surface area (Å²) in [5.74, 6) is 0.376. The Balaban J connectivity index is 1.21. The third kappa shape index (κ3) is 4.14. The molecule has 0 radical (unpaired) electrons. The van der Waals surface area contributed by atoms with Gasteiger partial charge in [0.25, 0.3) is 0 Å². The highest BCUT2D eigenvalue weighted by atomic mass is 32.2. The second-order valence-corrected chi connectivity index (χ2v) is 14.3. The van der Waals surface area contributed by atoms with E-state index >= 15 is 0 Å². The molecule has 0 saturated heterocycles. The van der Waals surface area contributed by atoms with E-state index in [4.69, 9.17) is 0 Å². The highest BCUT2D eigenvalue weighted by Crippen LogP contribution is 2.66. The SMILES string of the molecule is C1=CC(C2(c3ccccc3)c3ccccc3-c3ccccc32)C2C(=C1)Sc1c2cccc1N(c1ccccc1)c1cccc2ccccc12. The van der Waals surface area contributed by atoms with Crippen LogP contribution in [0.25, 0.3) is 21.9 Å². The first-order valence-corrected chi connectivity index (χ1v) is 17.9. The van der Waals surface area contributed by atoms with Gasteiger partial charge in [-0.2, -0.15) is 0 Å². The number of hydrogen-bond acceptors (Lipinski definition) is 2. The average Bonchev–Trinajstić information content (AvgIpc) is 3.71. The molecule has 232 valence electrons. The van der Waals surface area contributed by atoms with Gasteiger partial charge in [0.05, 0.1) is 16.8 Å². The fraction of sp³-hybridized carbons (Fsp3) is 0.0638. The van der Waals surface area contributed by atoms with Gasteiger partial charge in [-0.25, -0.2) is 0 Å². The summed E-state index contributed by atoms with van der Waals surface area (Å²) in [5.41, 5.74) is 11.5. The molecule has 2 aliphatic carbocycles. The van der Waals surface area contributed by atoms with E-state index in [9.17, 15) is 0 Å². The van der Waals surface area contributed by atoms with Crippen molar-refractivity contribution in [3.63, 3.8) is 0 Å². The molecule has 1 heterocycles. The largest absolute Gasteiger partial charge is 0.309 e. The van der Waals surface area contributed by atoms with Crippen molar-refractivity contribution < 1.29 is 0 Å². The Bertz CT molecular complexity index is 2390. The van der Waals surface area contributed by atoms with Gasteiger partial charge >= 0.3 is 0 Å². The zero-order chi connectivity index (χ0) is 32.4. The van der Waals surface area contributed by atoms with Crippen molar-refractivity contribution in [2.24, 2.45) is 5.92 Å². The zero-order valence-corrected chi connectivity index (χ0v) is 27.7. The Morgan fingerprint density at radius 3 is 1.92 bits per heavy atom. The number of anilines is 3. The third-order valence-electron chi connectivity index (χ3n) is 10.8. The van der Waals surface area contributed by atoms with E-state index in [1.165, 1.54) is 65.3 Å². The maximum Gasteiger partial charge on any atom is 0.0604 e. The molecule has 10 rings (SSSR count). The van der Waals surface area contributed by atoms with Crippen LogP contribution >= 0.6 is 11.8 Å². The zero-order valence-electron chi connectivity index (χ0n) is 26.9. The lowest BCUT2D eigenvalue weighted by atomic mass is 9.58. The molecule has 0 fully saturated rings. The number of benzene rings is 7. The van der Waals surface area contributed by atoms with Crippen LogP contribution in [0.15, 0.2) is 198 Å². The lowest BCUT2D eigenvalue weighted by Gasteiger charge is -2.43. The molecular formula is C47H33NS. The summed E-state index contributed by atoms with van der Waals surface area (Å²) in [7, 11) is 0. The van der Waals surface area contributed by atoms with Crippen molar-refractivity contribution in [3.8, 4) is 11.1 Å². The fourth-order valence-electron chi connectivity index (χ4n) is 8.91. The predicted molar refractivity (Wildman–Crippen MR) is 206 cm³/mol. The van der Waals surface area contributed by atoms with Gasteiger partial charge in [-0.15, -0.1) is 0 Å². The Hall–Kier alpha value is -5.57. The van der Waals surface area contributed by atoms with Gasteiger partial charge in [0, 0.05) is 27.8 Å². The molecule has 49 heavy (non-hydrogen) atoms. The quantitative estimate of drug-likeness (QED) is 0.184. The molecule has 0 spiro atoms. The Morgan fingerprint density at radius 2 is 1.14 bits per heavy atom. The smallest absolute Gasteiger partial charge is 0.0604 e. The van der Waals surface area contributed by atoms with Gasteiger partial charge in [-0.05, 0) is 67.9 Å². The minimum atomic E-state index is -0.345. The minimum absolute atomic E-state index is 0.173. The first-order chi connectivity index (χ1) is 24.3. The summed E-state index contributed by atoms with van der Waals surface area (Å²) in [6.07, 6.45) is 7.19. The number of nitrogens with zero attached hydrogens (tertiary/aromatic N) is 1. The molecule has 1 aliphatic heterocycles. The van der Waals surface area contributed by atoms with Crippen LogP contribution in [0.3, 0.4) is 0 Å². The van der Waals surface area contributed by atoms with Crippen molar-refractivity contribution in [3.05, 3.63) is 215 Å². The van der Waals surface area contributed by atoms with E-state index in [0.29, 0.717) is 0 Å². The first-order valence-electron chi connectivity index (χ1n) is 17.1. The molecule has 0 saturated carbocycles. The lowest BCUT2D eigenvalue weighted by Crippen LogP contribution is -2.39. The van der Waals surface area contributed by atoms with Gasteiger partial charge in [-0.1, -0.05) is 176 Å². The number of allylic oxidation sites excluding steroid dienone is 4. The number of fused-ring (bicyclic) bond motifs is 7. The standard InChI is InChI=1S/C47H33NS/c1-3-18-33(19-4-1)47(39-26-11-9-23-36(39)37-24-10-12-27-40(37)47)41-28-15-31-44-45(41)38-25-14-30-43(46(38)49-44)48(34-20-5-2-6-21-34)42-29-13-17-32-16-7-8-22-35(32)42/h1-31,41,45H. The molecule has 0 aromatic heterocycles. The second-order valence-electron chi connectivity index (χ2n) is 13.2. The van der Waals surface area contributed by atoms with E-state index in [0.717, 1.165) is 5.69 Å². The molecule has 3 aliphatic rings. The first kappa shape index (κ1) is 28.4. The van der Waals surface area contributed by atoms with Crippen LogP contribution < -0.4 is 4.90 Å². The lowest BCUT2D eigenvalue weighted by molar-refractivity contribution is 0.414. The van der Waals surface area contributed by atoms with Gasteiger partial charge in [-0.3, -0.25) is 0 Å². The summed E-state index contributed by atoms with van der Waals surface area (Å²) in [6, 6.07) is 62.7. The minimum Gasteiger partial charge on any atom is -0.309 e. The maximum atomic E-state index is 2.50. The van der Waals surface area contributed by atoms with E-state index in [1.54, 1.807) is 0 Å². The average molecular weight is 644 g/mol. The summed E-state index contributed by atoms with van der Waals surface area (Å²) < 4.78 is 0. The van der Waals surface area contributed by atoms with E-state index in [2.05, 4.69) is 193 Å². The number of hydrogen-bond donors (Lipinski definition) is 0. The van der Waals surface area contributed by atoms with Crippen molar-refractivity contribution in [2.45, 2.75) is 16.2 Å². The molecular weight excluding hydrogens is 611 g/mol. The number of thioether (sulfide) groups is 1. The molecule has 7 aromatic carbocycles. The second kappa shape index (κ2) is 11.3. The van der Waals surface area contributed by atoms with Crippen LogP contribution in [0.2, 0.25) is 0 Å². The van der Waals surface area contributed by atoms with Crippen LogP contribution in [0, 0.1) is 5.92 Å². The summed E-state index contributed by atoms with van der Waals surface area (Å²) in [5, 5.41) is 2.48. The van der Waals surface area contributed by atoms with E-state index in [-0.39, 0.29) is 17.3 Å². The van der Waals surface area contributed by atoms with Gasteiger partial charge < -0.3 is 4.90 Å². The monoisotopic (exact) mass is 643 g/mol. The van der Waals surface area contributed by atoms with Gasteiger partial charge in [0.1, 0.15) is 0 Å². The topological polar surface area (TPSA) is 3.24 Å². The van der Waals surface area contributed by atoms with E-state index in [1.807, 2.05) is 11.8 Å². The highest BCUT2D eigenvalue weighted by molar-refractivity contribution is 8.03. The van der Waals surface area contributed by atoms with Crippen LogP contribution in [0.1, 0.15) is 28.2 Å². The summed E-state index contributed by atoms with van der Waals surface area (Å²) >= 11 is 1.96. The van der Waals surface area contributed by atoms with Gasteiger partial charge in [0.2, 0.25) is 0 Å². The van der Waals surface area contributed by atoms with Crippen LogP contribution in [-0.4, -0.2) is 0 Å². The van der Waals surface area contributed by atoms with Crippen LogP contribution in [-0.2, 0) is 5.41 Å². The van der Waals surface area contributed by atoms with Crippen LogP contribution in [0.4, 0.5) is 17.1 Å². The summed E-state index contributed by atoms with van der Waals surface area (Å²) in [4.78, 5) is 5.23. The van der Waals surface area contributed by atoms with Crippen molar-refractivity contribution in [2.75, 3.05) is 4.90 Å². The predicted octanol–water partition coefficient (Wildman–Crippen LogP) is 12.6. The molecule has 1 nitrogen and oxygen atoms in total. The fourth-order valence-corrected chi connectivity index (χ4v) is 10.3. The number of rotatable bonds is 5. The molecule has 0 amide bonds. The normalized spacial score (nSPS) is 17.9. The van der Waals surface area contributed by atoms with E-state index < -0.39 is 0 Å².